The minimum Gasteiger partial charge on any atom is -0.392 e. The molecule has 0 spiro atoms. The van der Waals surface area contributed by atoms with Crippen LogP contribution in [0, 0.1) is 5.92 Å². The lowest BCUT2D eigenvalue weighted by Gasteiger charge is -2.11. The summed E-state index contributed by atoms with van der Waals surface area (Å²) < 4.78 is 0. The van der Waals surface area contributed by atoms with E-state index in [0.29, 0.717) is 5.92 Å². The van der Waals surface area contributed by atoms with E-state index in [1.165, 1.54) is 0 Å². The van der Waals surface area contributed by atoms with Crippen LogP contribution in [0.5, 0.6) is 0 Å². The van der Waals surface area contributed by atoms with Crippen LogP contribution in [-0.4, -0.2) is 11.7 Å². The molecule has 0 unspecified atom stereocenters. The number of allylic oxidation sites excluding steroid dienone is 1. The first-order valence-corrected chi connectivity index (χ1v) is 5.09. The van der Waals surface area contributed by atoms with Crippen LogP contribution in [0.2, 0.25) is 5.02 Å². The van der Waals surface area contributed by atoms with Crippen LogP contribution in [0.3, 0.4) is 0 Å². The minimum atomic E-state index is 0.0795. The molecule has 0 fully saturated rings. The Kier molecular flexibility index (Phi) is 4.18. The van der Waals surface area contributed by atoms with Crippen molar-refractivity contribution in [2.75, 3.05) is 6.61 Å². The summed E-state index contributed by atoms with van der Waals surface area (Å²) in [4.78, 5) is 0. The maximum Gasteiger partial charge on any atom is 0.0618 e. The van der Waals surface area contributed by atoms with Crippen LogP contribution in [0.4, 0.5) is 0 Å². The normalized spacial score (nSPS) is 12.2. The van der Waals surface area contributed by atoms with E-state index in [1.807, 2.05) is 30.3 Å². The van der Waals surface area contributed by atoms with E-state index >= 15 is 0 Å². The highest BCUT2D eigenvalue weighted by Crippen LogP contribution is 2.23. The SMILES string of the molecule is CC(C)/C(=C/CO)c1ccc(Cl)cc1. The van der Waals surface area contributed by atoms with Gasteiger partial charge in [0.15, 0.2) is 0 Å². The quantitative estimate of drug-likeness (QED) is 0.811. The van der Waals surface area contributed by atoms with E-state index in [9.17, 15) is 0 Å². The molecule has 2 heteroatoms. The molecule has 0 aromatic heterocycles. The number of hydrogen-bond acceptors (Lipinski definition) is 1. The van der Waals surface area contributed by atoms with Gasteiger partial charge in [0.05, 0.1) is 6.61 Å². The van der Waals surface area contributed by atoms with Crippen LogP contribution in [0.15, 0.2) is 30.3 Å². The highest BCUT2D eigenvalue weighted by Gasteiger charge is 2.05. The topological polar surface area (TPSA) is 20.2 Å². The van der Waals surface area contributed by atoms with Crippen molar-refractivity contribution in [3.63, 3.8) is 0 Å². The molecular weight excluding hydrogens is 196 g/mol. The fraction of sp³-hybridized carbons (Fsp3) is 0.333. The van der Waals surface area contributed by atoms with Gasteiger partial charge < -0.3 is 5.11 Å². The minimum absolute atomic E-state index is 0.0795. The van der Waals surface area contributed by atoms with Crippen molar-refractivity contribution >= 4 is 17.2 Å². The molecule has 1 rings (SSSR count). The number of benzene rings is 1. The Bertz CT molecular complexity index is 312. The average molecular weight is 211 g/mol. The van der Waals surface area contributed by atoms with E-state index in [4.69, 9.17) is 16.7 Å². The Labute approximate surface area is 90.0 Å². The van der Waals surface area contributed by atoms with Crippen molar-refractivity contribution < 1.29 is 5.11 Å². The van der Waals surface area contributed by atoms with Gasteiger partial charge in [0.25, 0.3) is 0 Å². The summed E-state index contributed by atoms with van der Waals surface area (Å²) in [6.07, 6.45) is 1.84. The van der Waals surface area contributed by atoms with Crippen LogP contribution in [0.1, 0.15) is 19.4 Å². The largest absolute Gasteiger partial charge is 0.392 e. The molecular formula is C12H15ClO. The van der Waals surface area contributed by atoms with Gasteiger partial charge in [-0.1, -0.05) is 43.7 Å². The molecule has 0 heterocycles. The van der Waals surface area contributed by atoms with Gasteiger partial charge >= 0.3 is 0 Å². The first kappa shape index (κ1) is 11.3. The highest BCUT2D eigenvalue weighted by atomic mass is 35.5. The van der Waals surface area contributed by atoms with E-state index in [-0.39, 0.29) is 6.61 Å². The second kappa shape index (κ2) is 5.18. The standard InChI is InChI=1S/C12H15ClO/c1-9(2)12(7-8-14)10-3-5-11(13)6-4-10/h3-7,9,14H,8H2,1-2H3/b12-7-. The van der Waals surface area contributed by atoms with E-state index in [1.54, 1.807) is 0 Å². The van der Waals surface area contributed by atoms with Gasteiger partial charge in [-0.25, -0.2) is 0 Å². The Hall–Kier alpha value is -0.790. The zero-order valence-electron chi connectivity index (χ0n) is 8.50. The molecule has 14 heavy (non-hydrogen) atoms. The molecule has 0 radical (unpaired) electrons. The molecule has 1 aromatic carbocycles. The zero-order valence-corrected chi connectivity index (χ0v) is 9.25. The van der Waals surface area contributed by atoms with Gasteiger partial charge in [-0.2, -0.15) is 0 Å². The molecule has 0 amide bonds. The predicted octanol–water partition coefficient (Wildman–Crippen LogP) is 3.37. The summed E-state index contributed by atoms with van der Waals surface area (Å²) in [5.41, 5.74) is 2.28. The molecule has 0 aliphatic heterocycles. The van der Waals surface area contributed by atoms with Crippen molar-refractivity contribution in [1.29, 1.82) is 0 Å². The first-order valence-electron chi connectivity index (χ1n) is 4.72. The molecule has 0 atom stereocenters. The molecule has 76 valence electrons. The highest BCUT2D eigenvalue weighted by molar-refractivity contribution is 6.30. The number of aliphatic hydroxyl groups is 1. The summed E-state index contributed by atoms with van der Waals surface area (Å²) in [5, 5.41) is 9.64. The molecule has 0 bridgehead atoms. The van der Waals surface area contributed by atoms with Gasteiger partial charge in [0, 0.05) is 5.02 Å². The number of aliphatic hydroxyl groups excluding tert-OH is 1. The second-order valence-corrected chi connectivity index (χ2v) is 3.94. The zero-order chi connectivity index (χ0) is 10.6. The number of rotatable bonds is 3. The molecule has 1 aromatic rings. The smallest absolute Gasteiger partial charge is 0.0618 e. The Balaban J connectivity index is 3.00. The molecule has 0 saturated carbocycles. The van der Waals surface area contributed by atoms with E-state index in [2.05, 4.69) is 13.8 Å². The monoisotopic (exact) mass is 210 g/mol. The third-order valence-corrected chi connectivity index (χ3v) is 2.36. The Morgan fingerprint density at radius 2 is 1.93 bits per heavy atom. The summed E-state index contributed by atoms with van der Waals surface area (Å²) in [6, 6.07) is 7.68. The lowest BCUT2D eigenvalue weighted by atomic mass is 9.95. The lowest BCUT2D eigenvalue weighted by Crippen LogP contribution is -1.95. The molecule has 1 N–H and O–H groups in total. The second-order valence-electron chi connectivity index (χ2n) is 3.50. The maximum atomic E-state index is 8.90. The molecule has 0 aliphatic carbocycles. The summed E-state index contributed by atoms with van der Waals surface area (Å²) >= 11 is 5.80. The van der Waals surface area contributed by atoms with Gasteiger partial charge in [0.2, 0.25) is 0 Å². The van der Waals surface area contributed by atoms with Crippen molar-refractivity contribution in [3.05, 3.63) is 40.9 Å². The van der Waals surface area contributed by atoms with Gasteiger partial charge in [-0.05, 0) is 29.2 Å². The van der Waals surface area contributed by atoms with Gasteiger partial charge in [-0.15, -0.1) is 0 Å². The van der Waals surface area contributed by atoms with Crippen LogP contribution < -0.4 is 0 Å². The van der Waals surface area contributed by atoms with Crippen molar-refractivity contribution in [2.24, 2.45) is 5.92 Å². The summed E-state index contributed by atoms with van der Waals surface area (Å²) in [5.74, 6) is 0.406. The van der Waals surface area contributed by atoms with Crippen molar-refractivity contribution in [2.45, 2.75) is 13.8 Å². The fourth-order valence-corrected chi connectivity index (χ4v) is 1.55. The Morgan fingerprint density at radius 1 is 1.36 bits per heavy atom. The molecule has 0 aliphatic rings. The number of hydrogen-bond donors (Lipinski definition) is 1. The van der Waals surface area contributed by atoms with Gasteiger partial charge in [0.1, 0.15) is 0 Å². The third kappa shape index (κ3) is 2.86. The van der Waals surface area contributed by atoms with Crippen LogP contribution in [0.25, 0.3) is 5.57 Å². The average Bonchev–Trinajstić information content (AvgIpc) is 2.15. The fourth-order valence-electron chi connectivity index (χ4n) is 1.43. The van der Waals surface area contributed by atoms with Crippen molar-refractivity contribution in [3.8, 4) is 0 Å². The molecule has 0 saturated heterocycles. The summed E-state index contributed by atoms with van der Waals surface area (Å²) in [6.45, 7) is 4.29. The third-order valence-electron chi connectivity index (χ3n) is 2.11. The van der Waals surface area contributed by atoms with Gasteiger partial charge in [-0.3, -0.25) is 0 Å². The van der Waals surface area contributed by atoms with E-state index in [0.717, 1.165) is 16.2 Å². The van der Waals surface area contributed by atoms with Crippen molar-refractivity contribution in [1.82, 2.24) is 0 Å². The summed E-state index contributed by atoms with van der Waals surface area (Å²) in [7, 11) is 0. The van der Waals surface area contributed by atoms with Crippen LogP contribution in [-0.2, 0) is 0 Å². The predicted molar refractivity (Wildman–Crippen MR) is 61.4 cm³/mol. The molecule has 1 nitrogen and oxygen atoms in total. The van der Waals surface area contributed by atoms with Crippen LogP contribution >= 0.6 is 11.6 Å². The van der Waals surface area contributed by atoms with E-state index < -0.39 is 0 Å². The maximum absolute atomic E-state index is 8.90. The first-order chi connectivity index (χ1) is 6.65. The Morgan fingerprint density at radius 3 is 2.36 bits per heavy atom. The lowest BCUT2D eigenvalue weighted by molar-refractivity contribution is 0.342. The number of halogens is 1.